The number of nitrogens with one attached hydrogen (secondary N) is 1. The van der Waals surface area contributed by atoms with Crippen molar-refractivity contribution in [3.63, 3.8) is 0 Å². The molecule has 1 heterocycles. The van der Waals surface area contributed by atoms with Gasteiger partial charge in [-0.3, -0.25) is 0 Å². The average molecular weight is 273 g/mol. The van der Waals surface area contributed by atoms with Gasteiger partial charge in [0.2, 0.25) is 0 Å². The van der Waals surface area contributed by atoms with Gasteiger partial charge in [-0.15, -0.1) is 0 Å². The van der Waals surface area contributed by atoms with Crippen molar-refractivity contribution in [2.75, 3.05) is 6.61 Å². The number of ether oxygens (including phenoxy) is 1. The first-order valence-corrected chi connectivity index (χ1v) is 8.25. The van der Waals surface area contributed by atoms with E-state index in [1.54, 1.807) is 0 Å². The van der Waals surface area contributed by atoms with Gasteiger partial charge < -0.3 is 10.1 Å². The SMILES string of the molecule is CC(NC1CCCCCC1C)c1ccc2c(c1)CCO2. The highest BCUT2D eigenvalue weighted by Crippen LogP contribution is 2.30. The summed E-state index contributed by atoms with van der Waals surface area (Å²) < 4.78 is 5.60. The Bertz CT molecular complexity index is 457. The van der Waals surface area contributed by atoms with Crippen LogP contribution < -0.4 is 10.1 Å². The van der Waals surface area contributed by atoms with Crippen LogP contribution in [0.25, 0.3) is 0 Å². The van der Waals surface area contributed by atoms with Crippen LogP contribution in [0.3, 0.4) is 0 Å². The minimum Gasteiger partial charge on any atom is -0.493 e. The zero-order chi connectivity index (χ0) is 13.9. The molecule has 0 spiro atoms. The third kappa shape index (κ3) is 3.01. The number of benzene rings is 1. The molecule has 3 rings (SSSR count). The molecule has 1 aromatic rings. The summed E-state index contributed by atoms with van der Waals surface area (Å²) in [6.07, 6.45) is 7.97. The third-order valence-electron chi connectivity index (χ3n) is 5.04. The van der Waals surface area contributed by atoms with Crippen LogP contribution in [0.15, 0.2) is 18.2 Å². The van der Waals surface area contributed by atoms with E-state index in [9.17, 15) is 0 Å². The number of rotatable bonds is 3. The second-order valence-corrected chi connectivity index (χ2v) is 6.58. The van der Waals surface area contributed by atoms with Gasteiger partial charge in [0.15, 0.2) is 0 Å². The first-order chi connectivity index (χ1) is 9.74. The van der Waals surface area contributed by atoms with Crippen molar-refractivity contribution in [1.29, 1.82) is 0 Å². The normalized spacial score (nSPS) is 27.5. The first-order valence-electron chi connectivity index (χ1n) is 8.25. The van der Waals surface area contributed by atoms with Gasteiger partial charge in [-0.25, -0.2) is 0 Å². The van der Waals surface area contributed by atoms with Gasteiger partial charge in [0.05, 0.1) is 6.61 Å². The molecule has 1 aromatic carbocycles. The molecule has 110 valence electrons. The fraction of sp³-hybridized carbons (Fsp3) is 0.667. The van der Waals surface area contributed by atoms with Crippen molar-refractivity contribution in [1.82, 2.24) is 5.32 Å². The molecule has 1 fully saturated rings. The first kappa shape index (κ1) is 13.9. The highest BCUT2D eigenvalue weighted by molar-refractivity contribution is 5.40. The molecule has 1 aliphatic carbocycles. The molecule has 1 N–H and O–H groups in total. The molecule has 2 heteroatoms. The van der Waals surface area contributed by atoms with Gasteiger partial charge >= 0.3 is 0 Å². The van der Waals surface area contributed by atoms with Crippen molar-refractivity contribution >= 4 is 0 Å². The van der Waals surface area contributed by atoms with Gasteiger partial charge in [-0.2, -0.15) is 0 Å². The minimum atomic E-state index is 0.437. The van der Waals surface area contributed by atoms with Crippen LogP contribution in [0.1, 0.15) is 63.1 Å². The Hall–Kier alpha value is -1.02. The Morgan fingerprint density at radius 2 is 2.05 bits per heavy atom. The van der Waals surface area contributed by atoms with Crippen LogP contribution in [0, 0.1) is 5.92 Å². The molecule has 0 saturated heterocycles. The van der Waals surface area contributed by atoms with Crippen LogP contribution in [-0.2, 0) is 6.42 Å². The third-order valence-corrected chi connectivity index (χ3v) is 5.04. The fourth-order valence-electron chi connectivity index (χ4n) is 3.63. The van der Waals surface area contributed by atoms with Gasteiger partial charge in [-0.05, 0) is 42.9 Å². The second-order valence-electron chi connectivity index (χ2n) is 6.58. The molecule has 1 saturated carbocycles. The Morgan fingerprint density at radius 1 is 1.20 bits per heavy atom. The van der Waals surface area contributed by atoms with Crippen LogP contribution in [0.2, 0.25) is 0 Å². The maximum absolute atomic E-state index is 5.60. The van der Waals surface area contributed by atoms with E-state index in [0.717, 1.165) is 24.7 Å². The summed E-state index contributed by atoms with van der Waals surface area (Å²) in [7, 11) is 0. The van der Waals surface area contributed by atoms with Crippen LogP contribution >= 0.6 is 0 Å². The number of hydrogen-bond acceptors (Lipinski definition) is 2. The molecule has 20 heavy (non-hydrogen) atoms. The Morgan fingerprint density at radius 3 is 2.95 bits per heavy atom. The van der Waals surface area contributed by atoms with E-state index in [1.165, 1.54) is 43.2 Å². The van der Waals surface area contributed by atoms with Crippen molar-refractivity contribution in [3.05, 3.63) is 29.3 Å². The van der Waals surface area contributed by atoms with Crippen molar-refractivity contribution in [3.8, 4) is 5.75 Å². The lowest BCUT2D eigenvalue weighted by Gasteiger charge is -2.27. The predicted octanol–water partition coefficient (Wildman–Crippen LogP) is 4.24. The zero-order valence-electron chi connectivity index (χ0n) is 12.8. The van der Waals surface area contributed by atoms with Gasteiger partial charge in [0.1, 0.15) is 5.75 Å². The summed E-state index contributed by atoms with van der Waals surface area (Å²) >= 11 is 0. The summed E-state index contributed by atoms with van der Waals surface area (Å²) in [5.74, 6) is 1.89. The maximum atomic E-state index is 5.60. The molecule has 3 atom stereocenters. The van der Waals surface area contributed by atoms with E-state index in [4.69, 9.17) is 4.74 Å². The van der Waals surface area contributed by atoms with E-state index in [0.29, 0.717) is 12.1 Å². The second kappa shape index (κ2) is 6.17. The van der Waals surface area contributed by atoms with E-state index in [1.807, 2.05) is 0 Å². The van der Waals surface area contributed by atoms with E-state index in [2.05, 4.69) is 37.4 Å². The standard InChI is InChI=1S/C18H27NO/c1-13-6-4-3-5-7-17(13)19-14(2)15-8-9-18-16(12-15)10-11-20-18/h8-9,12-14,17,19H,3-7,10-11H2,1-2H3. The average Bonchev–Trinajstić information content (AvgIpc) is 2.83. The lowest BCUT2D eigenvalue weighted by molar-refractivity contribution is 0.330. The molecule has 2 nitrogen and oxygen atoms in total. The van der Waals surface area contributed by atoms with Crippen LogP contribution in [-0.4, -0.2) is 12.6 Å². The summed E-state index contributed by atoms with van der Waals surface area (Å²) in [5, 5.41) is 3.88. The van der Waals surface area contributed by atoms with E-state index < -0.39 is 0 Å². The summed E-state index contributed by atoms with van der Waals surface area (Å²) in [5.41, 5.74) is 2.79. The van der Waals surface area contributed by atoms with Crippen LogP contribution in [0.5, 0.6) is 5.75 Å². The Labute approximate surface area is 122 Å². The lowest BCUT2D eigenvalue weighted by Crippen LogP contribution is -2.36. The molecule has 0 amide bonds. The lowest BCUT2D eigenvalue weighted by atomic mass is 9.95. The molecule has 2 aliphatic rings. The Balaban J connectivity index is 1.67. The molecular weight excluding hydrogens is 246 g/mol. The fourth-order valence-corrected chi connectivity index (χ4v) is 3.63. The quantitative estimate of drug-likeness (QED) is 0.832. The monoisotopic (exact) mass is 273 g/mol. The predicted molar refractivity (Wildman–Crippen MR) is 83.2 cm³/mol. The maximum Gasteiger partial charge on any atom is 0.122 e. The number of hydrogen-bond donors (Lipinski definition) is 1. The van der Waals surface area contributed by atoms with E-state index >= 15 is 0 Å². The van der Waals surface area contributed by atoms with Gasteiger partial charge in [0.25, 0.3) is 0 Å². The summed E-state index contributed by atoms with van der Waals surface area (Å²) in [4.78, 5) is 0. The van der Waals surface area contributed by atoms with E-state index in [-0.39, 0.29) is 0 Å². The highest BCUT2D eigenvalue weighted by atomic mass is 16.5. The largest absolute Gasteiger partial charge is 0.493 e. The zero-order valence-corrected chi connectivity index (χ0v) is 12.8. The van der Waals surface area contributed by atoms with Crippen molar-refractivity contribution < 1.29 is 4.74 Å². The highest BCUT2D eigenvalue weighted by Gasteiger charge is 2.22. The molecule has 0 bridgehead atoms. The molecular formula is C18H27NO. The Kier molecular flexibility index (Phi) is 4.30. The molecule has 1 aliphatic heterocycles. The van der Waals surface area contributed by atoms with Crippen molar-refractivity contribution in [2.24, 2.45) is 5.92 Å². The summed E-state index contributed by atoms with van der Waals surface area (Å²) in [6, 6.07) is 7.82. The topological polar surface area (TPSA) is 21.3 Å². The van der Waals surface area contributed by atoms with Gasteiger partial charge in [0, 0.05) is 18.5 Å². The number of fused-ring (bicyclic) bond motifs is 1. The summed E-state index contributed by atoms with van der Waals surface area (Å²) in [6.45, 7) is 5.56. The molecule has 0 aromatic heterocycles. The molecule has 0 radical (unpaired) electrons. The van der Waals surface area contributed by atoms with Crippen molar-refractivity contribution in [2.45, 2.75) is 64.5 Å². The molecule has 3 unspecified atom stereocenters. The van der Waals surface area contributed by atoms with Crippen LogP contribution in [0.4, 0.5) is 0 Å². The smallest absolute Gasteiger partial charge is 0.122 e. The van der Waals surface area contributed by atoms with Gasteiger partial charge in [-0.1, -0.05) is 38.3 Å². The minimum absolute atomic E-state index is 0.437.